The van der Waals surface area contributed by atoms with E-state index in [0.717, 1.165) is 28.9 Å². The number of nitrogens with zero attached hydrogens (tertiary/aromatic N) is 4. The van der Waals surface area contributed by atoms with Gasteiger partial charge in [0.05, 0.1) is 24.6 Å². The Kier molecular flexibility index (Phi) is 5.55. The first-order chi connectivity index (χ1) is 14.1. The van der Waals surface area contributed by atoms with E-state index in [1.807, 2.05) is 0 Å². The monoisotopic (exact) mass is 452 g/mol. The van der Waals surface area contributed by atoms with E-state index in [2.05, 4.69) is 10.1 Å². The van der Waals surface area contributed by atoms with E-state index in [-0.39, 0.29) is 6.08 Å². The third-order valence-electron chi connectivity index (χ3n) is 4.85. The fourth-order valence-electron chi connectivity index (χ4n) is 3.17. The van der Waals surface area contributed by atoms with Gasteiger partial charge in [0, 0.05) is 11.6 Å². The van der Waals surface area contributed by atoms with Crippen molar-refractivity contribution in [2.45, 2.75) is 25.2 Å². The number of hydrogen-bond acceptors (Lipinski definition) is 3. The summed E-state index contributed by atoms with van der Waals surface area (Å²) in [5, 5.41) is 3.77. The highest BCUT2D eigenvalue weighted by atomic mass is 19.4. The SMILES string of the molecule is [B]/C(=C/C(=O)N1CC(F)(F)C1)n1cnc(C2=CC(C(F)(F)F)=CC(C(F)(F)F)C2C)n1. The molecule has 0 spiro atoms. The molecule has 3 rings (SSSR count). The average molecular weight is 452 g/mol. The van der Waals surface area contributed by atoms with Crippen molar-refractivity contribution in [1.82, 2.24) is 19.7 Å². The third kappa shape index (κ3) is 4.82. The molecule has 2 aliphatic rings. The van der Waals surface area contributed by atoms with Crippen molar-refractivity contribution in [2.24, 2.45) is 11.8 Å². The van der Waals surface area contributed by atoms with Crippen molar-refractivity contribution in [2.75, 3.05) is 13.1 Å². The lowest BCUT2D eigenvalue weighted by atomic mass is 9.80. The zero-order chi connectivity index (χ0) is 23.4. The second-order valence-electron chi connectivity index (χ2n) is 7.21. The summed E-state index contributed by atoms with van der Waals surface area (Å²) >= 11 is 0. The lowest BCUT2D eigenvalue weighted by Crippen LogP contribution is -2.58. The van der Waals surface area contributed by atoms with Crippen LogP contribution in [0.15, 0.2) is 30.1 Å². The van der Waals surface area contributed by atoms with Crippen LogP contribution in [0.3, 0.4) is 0 Å². The number of halogens is 8. The highest BCUT2D eigenvalue weighted by Crippen LogP contribution is 2.45. The number of alkyl halides is 8. The largest absolute Gasteiger partial charge is 0.416 e. The summed E-state index contributed by atoms with van der Waals surface area (Å²) in [4.78, 5) is 16.4. The van der Waals surface area contributed by atoms with Crippen LogP contribution in [0.4, 0.5) is 35.1 Å². The zero-order valence-electron chi connectivity index (χ0n) is 15.7. The molecule has 31 heavy (non-hydrogen) atoms. The van der Waals surface area contributed by atoms with Gasteiger partial charge in [-0.2, -0.15) is 26.3 Å². The summed E-state index contributed by atoms with van der Waals surface area (Å²) in [6, 6.07) is 0. The number of amides is 1. The standard InChI is InChI=1S/C17H13BF8N4O/c1-8-10(2-9(16(21,22)23)3-11(8)17(24,25)26)14-27-7-30(28-14)12(18)4-13(31)29-5-15(19,20)6-29/h2-4,7-8,11H,5-6H2,1H3/b12-4-. The van der Waals surface area contributed by atoms with Gasteiger partial charge in [0.15, 0.2) is 5.82 Å². The Balaban J connectivity index is 1.88. The molecule has 2 unspecified atom stereocenters. The average Bonchev–Trinajstić information content (AvgIpc) is 3.07. The van der Waals surface area contributed by atoms with Crippen LogP contribution in [0, 0.1) is 11.8 Å². The van der Waals surface area contributed by atoms with Gasteiger partial charge in [0.1, 0.15) is 14.2 Å². The Bertz CT molecular complexity index is 968. The number of likely N-dealkylation sites (tertiary alicyclic amines) is 1. The topological polar surface area (TPSA) is 51.0 Å². The maximum atomic E-state index is 13.3. The van der Waals surface area contributed by atoms with Gasteiger partial charge < -0.3 is 4.90 Å². The predicted octanol–water partition coefficient (Wildman–Crippen LogP) is 3.42. The second-order valence-corrected chi connectivity index (χ2v) is 7.21. The van der Waals surface area contributed by atoms with E-state index < -0.39 is 71.7 Å². The molecule has 1 aromatic rings. The van der Waals surface area contributed by atoms with Crippen molar-refractivity contribution in [1.29, 1.82) is 0 Å². The van der Waals surface area contributed by atoms with Crippen LogP contribution in [-0.2, 0) is 4.79 Å². The first kappa shape index (κ1) is 23.0. The van der Waals surface area contributed by atoms with E-state index in [9.17, 15) is 39.9 Å². The molecule has 5 nitrogen and oxygen atoms in total. The minimum atomic E-state index is -5.03. The molecule has 1 amide bonds. The molecule has 0 bridgehead atoms. The molecule has 0 N–H and O–H groups in total. The molecule has 1 aliphatic carbocycles. The molecule has 2 heterocycles. The van der Waals surface area contributed by atoms with Crippen molar-refractivity contribution in [3.63, 3.8) is 0 Å². The number of allylic oxidation sites excluding steroid dienone is 4. The molecule has 1 saturated heterocycles. The number of rotatable bonds is 3. The van der Waals surface area contributed by atoms with Crippen molar-refractivity contribution >= 4 is 24.9 Å². The molecule has 0 saturated carbocycles. The van der Waals surface area contributed by atoms with E-state index in [1.165, 1.54) is 0 Å². The van der Waals surface area contributed by atoms with Gasteiger partial charge in [-0.25, -0.2) is 18.4 Å². The van der Waals surface area contributed by atoms with Gasteiger partial charge in [-0.05, 0) is 17.6 Å². The number of hydrogen-bond donors (Lipinski definition) is 0. The van der Waals surface area contributed by atoms with Crippen LogP contribution in [0.25, 0.3) is 11.2 Å². The minimum absolute atomic E-state index is 0.112. The highest BCUT2D eigenvalue weighted by molar-refractivity contribution is 6.40. The van der Waals surface area contributed by atoms with Gasteiger partial charge in [0.2, 0.25) is 5.91 Å². The third-order valence-corrected chi connectivity index (χ3v) is 4.85. The van der Waals surface area contributed by atoms with Crippen LogP contribution in [0.2, 0.25) is 0 Å². The van der Waals surface area contributed by atoms with E-state index in [1.54, 1.807) is 0 Å². The van der Waals surface area contributed by atoms with Gasteiger partial charge in [-0.1, -0.05) is 13.0 Å². The molecule has 2 radical (unpaired) electrons. The molecule has 1 fully saturated rings. The molecule has 14 heteroatoms. The first-order valence-corrected chi connectivity index (χ1v) is 8.72. The number of carbonyl (C=O) groups excluding carboxylic acids is 1. The fourth-order valence-corrected chi connectivity index (χ4v) is 3.17. The van der Waals surface area contributed by atoms with Crippen molar-refractivity contribution < 1.29 is 39.9 Å². The predicted molar refractivity (Wildman–Crippen MR) is 92.4 cm³/mol. The van der Waals surface area contributed by atoms with E-state index >= 15 is 0 Å². The van der Waals surface area contributed by atoms with Crippen molar-refractivity contribution in [3.05, 3.63) is 36.0 Å². The summed E-state index contributed by atoms with van der Waals surface area (Å²) < 4.78 is 106. The molecular weight excluding hydrogens is 439 g/mol. The maximum absolute atomic E-state index is 13.3. The summed E-state index contributed by atoms with van der Waals surface area (Å²) in [6.45, 7) is -0.511. The van der Waals surface area contributed by atoms with Crippen LogP contribution >= 0.6 is 0 Å². The smallest absolute Gasteiger partial charge is 0.327 e. The van der Waals surface area contributed by atoms with Crippen molar-refractivity contribution in [3.8, 4) is 0 Å². The minimum Gasteiger partial charge on any atom is -0.327 e. The van der Waals surface area contributed by atoms with Gasteiger partial charge in [-0.15, -0.1) is 5.10 Å². The van der Waals surface area contributed by atoms with Gasteiger partial charge in [-0.3, -0.25) is 4.79 Å². The van der Waals surface area contributed by atoms with Crippen LogP contribution in [0.5, 0.6) is 0 Å². The Morgan fingerprint density at radius 2 is 1.84 bits per heavy atom. The van der Waals surface area contributed by atoms with Gasteiger partial charge in [0.25, 0.3) is 5.92 Å². The molecule has 1 aliphatic heterocycles. The Morgan fingerprint density at radius 3 is 2.35 bits per heavy atom. The normalized spacial score (nSPS) is 24.4. The lowest BCUT2D eigenvalue weighted by Gasteiger charge is -2.38. The fraction of sp³-hybridized carbons (Fsp3) is 0.471. The maximum Gasteiger partial charge on any atom is 0.416 e. The Morgan fingerprint density at radius 1 is 1.23 bits per heavy atom. The Hall–Kier alpha value is -2.67. The second kappa shape index (κ2) is 7.48. The van der Waals surface area contributed by atoms with E-state index in [0.29, 0.717) is 6.08 Å². The molecule has 0 aromatic carbocycles. The lowest BCUT2D eigenvalue weighted by molar-refractivity contribution is -0.169. The molecule has 2 atom stereocenters. The molecule has 1 aromatic heterocycles. The number of carbonyl (C=O) groups is 1. The summed E-state index contributed by atoms with van der Waals surface area (Å²) in [7, 11) is 5.65. The molecular formula is C17H13BF8N4O. The van der Waals surface area contributed by atoms with Crippen LogP contribution < -0.4 is 0 Å². The molecule has 166 valence electrons. The summed E-state index contributed by atoms with van der Waals surface area (Å²) in [6.07, 6.45) is -7.68. The first-order valence-electron chi connectivity index (χ1n) is 8.72. The van der Waals surface area contributed by atoms with E-state index in [4.69, 9.17) is 7.85 Å². The summed E-state index contributed by atoms with van der Waals surface area (Å²) in [5.74, 6) is -8.15. The van der Waals surface area contributed by atoms with Crippen LogP contribution in [-0.4, -0.2) is 64.8 Å². The highest BCUT2D eigenvalue weighted by Gasteiger charge is 2.48. The number of aromatic nitrogens is 3. The Labute approximate surface area is 171 Å². The van der Waals surface area contributed by atoms with Gasteiger partial charge >= 0.3 is 12.4 Å². The zero-order valence-corrected chi connectivity index (χ0v) is 15.7. The van der Waals surface area contributed by atoms with Crippen LogP contribution in [0.1, 0.15) is 12.7 Å². The quantitative estimate of drug-likeness (QED) is 0.402. The summed E-state index contributed by atoms with van der Waals surface area (Å²) in [5.41, 5.74) is -2.31.